The summed E-state index contributed by atoms with van der Waals surface area (Å²) in [4.78, 5) is 0. The molecular weight excluding hydrogens is 277 g/mol. The number of rotatable bonds is 5. The summed E-state index contributed by atoms with van der Waals surface area (Å²) in [6, 6.07) is 6.17. The lowest BCUT2D eigenvalue weighted by atomic mass is 10.1. The fourth-order valence-corrected chi connectivity index (χ4v) is 2.18. The van der Waals surface area contributed by atoms with Crippen LogP contribution in [0.1, 0.15) is 18.5 Å². The Bertz CT molecular complexity index is 319. The van der Waals surface area contributed by atoms with Gasteiger partial charge in [0.2, 0.25) is 0 Å². The standard InChI is InChI=1S/C11H15BrClNO/c1-8(14-5-6-15-2)10-4-3-9(12)7-11(10)13/h3-4,7-8,14H,5-6H2,1-2H3. The van der Waals surface area contributed by atoms with Gasteiger partial charge in [0.15, 0.2) is 0 Å². The first-order valence-corrected chi connectivity index (χ1v) is 5.99. The zero-order valence-corrected chi connectivity index (χ0v) is 11.2. The summed E-state index contributed by atoms with van der Waals surface area (Å²) in [5.41, 5.74) is 1.11. The Kier molecular flexibility index (Phi) is 5.61. The second-order valence-electron chi connectivity index (χ2n) is 3.33. The molecule has 0 aliphatic heterocycles. The molecule has 15 heavy (non-hydrogen) atoms. The number of hydrogen-bond donors (Lipinski definition) is 1. The predicted molar refractivity (Wildman–Crippen MR) is 67.4 cm³/mol. The molecule has 0 aliphatic rings. The van der Waals surface area contributed by atoms with Gasteiger partial charge in [-0.05, 0) is 24.6 Å². The molecule has 0 saturated heterocycles. The zero-order chi connectivity index (χ0) is 11.3. The Morgan fingerprint density at radius 1 is 1.53 bits per heavy atom. The first-order chi connectivity index (χ1) is 7.15. The minimum absolute atomic E-state index is 0.237. The topological polar surface area (TPSA) is 21.3 Å². The second-order valence-corrected chi connectivity index (χ2v) is 4.66. The highest BCUT2D eigenvalue weighted by atomic mass is 79.9. The number of nitrogens with one attached hydrogen (secondary N) is 1. The van der Waals surface area contributed by atoms with E-state index in [0.29, 0.717) is 6.61 Å². The SMILES string of the molecule is COCCNC(C)c1ccc(Br)cc1Cl. The number of methoxy groups -OCH3 is 1. The van der Waals surface area contributed by atoms with Crippen LogP contribution in [-0.2, 0) is 4.74 Å². The third-order valence-electron chi connectivity index (χ3n) is 2.19. The van der Waals surface area contributed by atoms with Crippen LogP contribution in [0, 0.1) is 0 Å². The van der Waals surface area contributed by atoms with Gasteiger partial charge in [-0.15, -0.1) is 0 Å². The van der Waals surface area contributed by atoms with E-state index in [2.05, 4.69) is 28.2 Å². The molecule has 1 unspecified atom stereocenters. The molecule has 0 amide bonds. The maximum Gasteiger partial charge on any atom is 0.0587 e. The Balaban J connectivity index is 2.61. The van der Waals surface area contributed by atoms with Crippen LogP contribution in [0.5, 0.6) is 0 Å². The molecule has 0 radical (unpaired) electrons. The maximum atomic E-state index is 6.14. The lowest BCUT2D eigenvalue weighted by Gasteiger charge is -2.15. The van der Waals surface area contributed by atoms with Gasteiger partial charge in [-0.2, -0.15) is 0 Å². The Morgan fingerprint density at radius 3 is 2.87 bits per heavy atom. The van der Waals surface area contributed by atoms with Crippen LogP contribution in [0.25, 0.3) is 0 Å². The molecule has 1 rings (SSSR count). The third kappa shape index (κ3) is 4.11. The van der Waals surface area contributed by atoms with Crippen molar-refractivity contribution in [2.24, 2.45) is 0 Å². The average molecular weight is 293 g/mol. The van der Waals surface area contributed by atoms with Crippen LogP contribution in [0.15, 0.2) is 22.7 Å². The molecule has 1 atom stereocenters. The highest BCUT2D eigenvalue weighted by Gasteiger charge is 2.08. The van der Waals surface area contributed by atoms with Crippen LogP contribution in [-0.4, -0.2) is 20.3 Å². The highest BCUT2D eigenvalue weighted by molar-refractivity contribution is 9.10. The van der Waals surface area contributed by atoms with Crippen molar-refractivity contribution in [3.63, 3.8) is 0 Å². The van der Waals surface area contributed by atoms with E-state index in [1.807, 2.05) is 18.2 Å². The van der Waals surface area contributed by atoms with E-state index in [-0.39, 0.29) is 6.04 Å². The molecule has 0 aromatic heterocycles. The van der Waals surface area contributed by atoms with Gasteiger partial charge < -0.3 is 10.1 Å². The van der Waals surface area contributed by atoms with Gasteiger partial charge in [0.25, 0.3) is 0 Å². The van der Waals surface area contributed by atoms with E-state index in [9.17, 15) is 0 Å². The monoisotopic (exact) mass is 291 g/mol. The minimum Gasteiger partial charge on any atom is -0.383 e. The molecule has 4 heteroatoms. The van der Waals surface area contributed by atoms with Crippen LogP contribution in [0.4, 0.5) is 0 Å². The largest absolute Gasteiger partial charge is 0.383 e. The Hall–Kier alpha value is -0.0900. The normalized spacial score (nSPS) is 12.8. The zero-order valence-electron chi connectivity index (χ0n) is 8.89. The van der Waals surface area contributed by atoms with Crippen molar-refractivity contribution in [3.05, 3.63) is 33.3 Å². The van der Waals surface area contributed by atoms with Gasteiger partial charge in [-0.3, -0.25) is 0 Å². The summed E-state index contributed by atoms with van der Waals surface area (Å²) in [6.07, 6.45) is 0. The van der Waals surface area contributed by atoms with Gasteiger partial charge in [-0.1, -0.05) is 33.6 Å². The van der Waals surface area contributed by atoms with E-state index in [4.69, 9.17) is 16.3 Å². The molecule has 1 aromatic carbocycles. The van der Waals surface area contributed by atoms with Crippen molar-refractivity contribution in [1.29, 1.82) is 0 Å². The van der Waals surface area contributed by atoms with Gasteiger partial charge in [0.05, 0.1) is 6.61 Å². The molecule has 0 spiro atoms. The van der Waals surface area contributed by atoms with E-state index < -0.39 is 0 Å². The molecule has 0 aliphatic carbocycles. The van der Waals surface area contributed by atoms with Crippen LogP contribution in [0.3, 0.4) is 0 Å². The van der Waals surface area contributed by atoms with Gasteiger partial charge in [-0.25, -0.2) is 0 Å². The Morgan fingerprint density at radius 2 is 2.27 bits per heavy atom. The number of hydrogen-bond acceptors (Lipinski definition) is 2. The van der Waals surface area contributed by atoms with E-state index in [0.717, 1.165) is 21.6 Å². The summed E-state index contributed by atoms with van der Waals surface area (Å²) >= 11 is 9.52. The summed E-state index contributed by atoms with van der Waals surface area (Å²) in [7, 11) is 1.69. The van der Waals surface area contributed by atoms with Gasteiger partial charge >= 0.3 is 0 Å². The molecule has 1 aromatic rings. The molecular formula is C11H15BrClNO. The predicted octanol–water partition coefficient (Wildman–Crippen LogP) is 3.40. The highest BCUT2D eigenvalue weighted by Crippen LogP contribution is 2.26. The first-order valence-electron chi connectivity index (χ1n) is 4.82. The third-order valence-corrected chi connectivity index (χ3v) is 3.01. The maximum absolute atomic E-state index is 6.14. The number of ether oxygens (including phenoxy) is 1. The van der Waals surface area contributed by atoms with E-state index in [1.54, 1.807) is 7.11 Å². The lowest BCUT2D eigenvalue weighted by molar-refractivity contribution is 0.196. The van der Waals surface area contributed by atoms with E-state index in [1.165, 1.54) is 0 Å². The molecule has 2 nitrogen and oxygen atoms in total. The molecule has 1 N–H and O–H groups in total. The molecule has 0 bridgehead atoms. The van der Waals surface area contributed by atoms with Crippen LogP contribution < -0.4 is 5.32 Å². The van der Waals surface area contributed by atoms with Gasteiger partial charge in [0, 0.05) is 29.2 Å². The molecule has 0 fully saturated rings. The number of benzene rings is 1. The molecule has 0 heterocycles. The average Bonchev–Trinajstić information content (AvgIpc) is 2.17. The Labute approximate surface area is 104 Å². The van der Waals surface area contributed by atoms with Crippen molar-refractivity contribution in [2.75, 3.05) is 20.3 Å². The fraction of sp³-hybridized carbons (Fsp3) is 0.455. The van der Waals surface area contributed by atoms with Crippen molar-refractivity contribution < 1.29 is 4.74 Å². The smallest absolute Gasteiger partial charge is 0.0587 e. The van der Waals surface area contributed by atoms with Crippen molar-refractivity contribution in [1.82, 2.24) is 5.32 Å². The fourth-order valence-electron chi connectivity index (χ4n) is 1.34. The van der Waals surface area contributed by atoms with E-state index >= 15 is 0 Å². The van der Waals surface area contributed by atoms with Gasteiger partial charge in [0.1, 0.15) is 0 Å². The summed E-state index contributed by atoms with van der Waals surface area (Å²) in [6.45, 7) is 3.62. The van der Waals surface area contributed by atoms with Crippen LogP contribution >= 0.6 is 27.5 Å². The van der Waals surface area contributed by atoms with Crippen LogP contribution in [0.2, 0.25) is 5.02 Å². The quantitative estimate of drug-likeness (QED) is 0.840. The van der Waals surface area contributed by atoms with Crippen molar-refractivity contribution in [3.8, 4) is 0 Å². The summed E-state index contributed by atoms with van der Waals surface area (Å²) in [5.74, 6) is 0. The van der Waals surface area contributed by atoms with Crippen molar-refractivity contribution in [2.45, 2.75) is 13.0 Å². The molecule has 0 saturated carbocycles. The summed E-state index contributed by atoms with van der Waals surface area (Å²) < 4.78 is 5.97. The minimum atomic E-state index is 0.237. The first kappa shape index (κ1) is 13.0. The van der Waals surface area contributed by atoms with Crippen molar-refractivity contribution >= 4 is 27.5 Å². The summed E-state index contributed by atoms with van der Waals surface area (Å²) in [5, 5.41) is 4.11. The second kappa shape index (κ2) is 6.48. The lowest BCUT2D eigenvalue weighted by Crippen LogP contribution is -2.23. The number of halogens is 2. The molecule has 84 valence electrons.